The van der Waals surface area contributed by atoms with Crippen molar-refractivity contribution in [3.05, 3.63) is 59.2 Å². The number of hydrogen-bond donors (Lipinski definition) is 2. The molecule has 5 rings (SSSR count). The molecule has 1 aliphatic carbocycles. The largest absolute Gasteiger partial charge is 0.480 e. The lowest BCUT2D eigenvalue weighted by atomic mass is 10.0. The fourth-order valence-electron chi connectivity index (χ4n) is 4.65. The fraction of sp³-hybridized carbons (Fsp3) is 0.348. The van der Waals surface area contributed by atoms with Crippen molar-refractivity contribution >= 4 is 17.8 Å². The van der Waals surface area contributed by atoms with Gasteiger partial charge in [0.2, 0.25) is 5.91 Å². The number of amides is 2. The number of carbonyl (C=O) groups is 3. The lowest BCUT2D eigenvalue weighted by molar-refractivity contribution is -0.152. The molecule has 0 aromatic heterocycles. The summed E-state index contributed by atoms with van der Waals surface area (Å²) >= 11 is 0. The average Bonchev–Trinajstić information content (AvgIpc) is 3.48. The van der Waals surface area contributed by atoms with E-state index in [1.807, 2.05) is 30.3 Å². The second-order valence-electron chi connectivity index (χ2n) is 8.08. The summed E-state index contributed by atoms with van der Waals surface area (Å²) in [6, 6.07) is 12.6. The van der Waals surface area contributed by atoms with Crippen LogP contribution in [-0.4, -0.2) is 65.9 Å². The first-order valence-corrected chi connectivity index (χ1v) is 10.3. The zero-order valence-electron chi connectivity index (χ0n) is 16.8. The van der Waals surface area contributed by atoms with E-state index in [2.05, 4.69) is 11.4 Å². The summed E-state index contributed by atoms with van der Waals surface area (Å²) in [7, 11) is 0. The normalized spacial score (nSPS) is 20.5. The number of carbonyl (C=O) groups excluding carboxylic acids is 2. The molecule has 2 aromatic rings. The van der Waals surface area contributed by atoms with Crippen molar-refractivity contribution in [2.75, 3.05) is 26.3 Å². The smallest absolute Gasteiger partial charge is 0.326 e. The Bertz CT molecular complexity index is 1080. The number of fused-ring (bicyclic) bond motifs is 3. The van der Waals surface area contributed by atoms with Gasteiger partial charge >= 0.3 is 5.97 Å². The van der Waals surface area contributed by atoms with Gasteiger partial charge in [0.05, 0.1) is 26.3 Å². The van der Waals surface area contributed by atoms with Crippen LogP contribution in [0.15, 0.2) is 42.5 Å². The molecule has 8 heteroatoms. The van der Waals surface area contributed by atoms with E-state index < -0.39 is 23.7 Å². The number of nitrogens with zero attached hydrogens (tertiary/aromatic N) is 1. The van der Waals surface area contributed by atoms with Gasteiger partial charge in [0.1, 0.15) is 6.04 Å². The lowest BCUT2D eigenvalue weighted by Gasteiger charge is -2.23. The number of hydrogen-bond acceptors (Lipinski definition) is 5. The monoisotopic (exact) mass is 422 g/mol. The fourth-order valence-corrected chi connectivity index (χ4v) is 4.65. The maximum Gasteiger partial charge on any atom is 0.326 e. The average molecular weight is 422 g/mol. The van der Waals surface area contributed by atoms with E-state index >= 15 is 0 Å². The molecule has 2 aliphatic heterocycles. The van der Waals surface area contributed by atoms with Crippen LogP contribution in [-0.2, 0) is 25.5 Å². The molecule has 0 saturated carbocycles. The predicted molar refractivity (Wildman–Crippen MR) is 109 cm³/mol. The Morgan fingerprint density at radius 3 is 2.58 bits per heavy atom. The van der Waals surface area contributed by atoms with Crippen molar-refractivity contribution in [1.82, 2.24) is 10.2 Å². The van der Waals surface area contributed by atoms with Crippen molar-refractivity contribution in [1.29, 1.82) is 0 Å². The minimum absolute atomic E-state index is 0.0360. The quantitative estimate of drug-likeness (QED) is 0.659. The maximum atomic E-state index is 12.7. The minimum Gasteiger partial charge on any atom is -0.480 e. The summed E-state index contributed by atoms with van der Waals surface area (Å²) in [4.78, 5) is 38.3. The van der Waals surface area contributed by atoms with Crippen LogP contribution in [0.25, 0.3) is 11.1 Å². The van der Waals surface area contributed by atoms with Crippen LogP contribution in [0.1, 0.15) is 27.9 Å². The molecule has 2 aromatic carbocycles. The van der Waals surface area contributed by atoms with E-state index in [0.29, 0.717) is 18.8 Å². The van der Waals surface area contributed by atoms with Gasteiger partial charge in [0.25, 0.3) is 5.91 Å². The minimum atomic E-state index is -1.12. The molecular weight excluding hydrogens is 400 g/mol. The topological polar surface area (TPSA) is 105 Å². The van der Waals surface area contributed by atoms with Gasteiger partial charge in [0, 0.05) is 12.0 Å². The van der Waals surface area contributed by atoms with E-state index in [0.717, 1.165) is 23.1 Å². The zero-order chi connectivity index (χ0) is 21.6. The van der Waals surface area contributed by atoms with Gasteiger partial charge < -0.3 is 24.8 Å². The Morgan fingerprint density at radius 1 is 1.06 bits per heavy atom. The first kappa shape index (κ1) is 19.7. The first-order valence-electron chi connectivity index (χ1n) is 10.3. The number of rotatable bonds is 4. The van der Waals surface area contributed by atoms with Crippen molar-refractivity contribution < 1.29 is 29.0 Å². The van der Waals surface area contributed by atoms with Crippen LogP contribution in [0.2, 0.25) is 0 Å². The van der Waals surface area contributed by atoms with Crippen molar-refractivity contribution in [2.45, 2.75) is 24.7 Å². The molecule has 2 saturated heterocycles. The maximum absolute atomic E-state index is 12.7. The van der Waals surface area contributed by atoms with Gasteiger partial charge in [-0.25, -0.2) is 4.79 Å². The summed E-state index contributed by atoms with van der Waals surface area (Å²) in [5.74, 6) is -3.04. The number of aliphatic carboxylic acids is 1. The molecule has 31 heavy (non-hydrogen) atoms. The number of carboxylic acid groups (broad SMARTS) is 1. The van der Waals surface area contributed by atoms with Gasteiger partial charge in [-0.3, -0.25) is 9.59 Å². The molecule has 2 heterocycles. The third-order valence-corrected chi connectivity index (χ3v) is 6.17. The molecule has 0 bridgehead atoms. The summed E-state index contributed by atoms with van der Waals surface area (Å²) in [5, 5.41) is 12.1. The molecule has 2 amide bonds. The van der Waals surface area contributed by atoms with Crippen LogP contribution in [0.4, 0.5) is 0 Å². The molecule has 3 aliphatic rings. The summed E-state index contributed by atoms with van der Waals surface area (Å²) in [5.41, 5.74) is 4.99. The Hall–Kier alpha value is -3.23. The SMILES string of the molecule is O=C(NCC(=O)N1CC2(C[C@H]1C(=O)O)OCCO2)c1ccc2c(c1)-c1ccccc1C2. The van der Waals surface area contributed by atoms with Crippen LogP contribution in [0.3, 0.4) is 0 Å². The standard InChI is InChI=1S/C23H22N2O6/c26-20(25-13-23(30-7-8-31-23)11-19(25)22(28)29)12-24-21(27)16-6-5-15-9-14-3-1-2-4-17(14)18(15)10-16/h1-6,10,19H,7-9,11-13H2,(H,24,27)(H,28,29)/t19-/m0/s1. The van der Waals surface area contributed by atoms with Gasteiger partial charge in [0.15, 0.2) is 5.79 Å². The van der Waals surface area contributed by atoms with Crippen molar-refractivity contribution in [3.8, 4) is 11.1 Å². The Labute approximate surface area is 178 Å². The van der Waals surface area contributed by atoms with Gasteiger partial charge in [-0.15, -0.1) is 0 Å². The number of likely N-dealkylation sites (tertiary alicyclic amines) is 1. The molecular formula is C23H22N2O6. The van der Waals surface area contributed by atoms with Crippen molar-refractivity contribution in [2.24, 2.45) is 0 Å². The van der Waals surface area contributed by atoms with E-state index in [1.54, 1.807) is 6.07 Å². The lowest BCUT2D eigenvalue weighted by Crippen LogP contribution is -2.46. The Kier molecular flexibility index (Phi) is 4.75. The predicted octanol–water partition coefficient (Wildman–Crippen LogP) is 1.42. The highest BCUT2D eigenvalue weighted by Gasteiger charge is 2.52. The van der Waals surface area contributed by atoms with Gasteiger partial charge in [-0.1, -0.05) is 30.3 Å². The number of nitrogens with one attached hydrogen (secondary N) is 1. The highest BCUT2D eigenvalue weighted by atomic mass is 16.7. The highest BCUT2D eigenvalue weighted by Crippen LogP contribution is 2.37. The Morgan fingerprint density at radius 2 is 1.81 bits per heavy atom. The molecule has 0 radical (unpaired) electrons. The second-order valence-corrected chi connectivity index (χ2v) is 8.08. The summed E-state index contributed by atoms with van der Waals surface area (Å²) in [6.45, 7) is 0.472. The van der Waals surface area contributed by atoms with Crippen LogP contribution >= 0.6 is 0 Å². The van der Waals surface area contributed by atoms with Gasteiger partial charge in [-0.2, -0.15) is 0 Å². The summed E-state index contributed by atoms with van der Waals surface area (Å²) < 4.78 is 11.1. The van der Waals surface area contributed by atoms with E-state index in [-0.39, 0.29) is 25.4 Å². The molecule has 1 atom stereocenters. The number of benzene rings is 2. The number of carboxylic acids is 1. The molecule has 8 nitrogen and oxygen atoms in total. The third-order valence-electron chi connectivity index (χ3n) is 6.17. The molecule has 0 unspecified atom stereocenters. The van der Waals surface area contributed by atoms with Crippen LogP contribution in [0, 0.1) is 0 Å². The molecule has 1 spiro atoms. The third kappa shape index (κ3) is 3.47. The first-order chi connectivity index (χ1) is 15.0. The Balaban J connectivity index is 1.27. The van der Waals surface area contributed by atoms with E-state index in [4.69, 9.17) is 9.47 Å². The van der Waals surface area contributed by atoms with E-state index in [9.17, 15) is 19.5 Å². The van der Waals surface area contributed by atoms with Gasteiger partial charge in [-0.05, 0) is 40.8 Å². The highest BCUT2D eigenvalue weighted by molar-refractivity contribution is 5.98. The molecule has 2 N–H and O–H groups in total. The van der Waals surface area contributed by atoms with Crippen molar-refractivity contribution in [3.63, 3.8) is 0 Å². The number of ether oxygens (including phenoxy) is 2. The van der Waals surface area contributed by atoms with E-state index in [1.165, 1.54) is 10.5 Å². The van der Waals surface area contributed by atoms with Crippen LogP contribution in [0.5, 0.6) is 0 Å². The molecule has 2 fully saturated rings. The summed E-state index contributed by atoms with van der Waals surface area (Å²) in [6.07, 6.45) is 0.912. The zero-order valence-corrected chi connectivity index (χ0v) is 16.8. The van der Waals surface area contributed by atoms with Crippen LogP contribution < -0.4 is 5.32 Å². The second kappa shape index (κ2) is 7.47. The molecule has 160 valence electrons.